The first-order chi connectivity index (χ1) is 14.7. The number of para-hydroxylation sites is 2. The molecule has 0 saturated carbocycles. The second-order valence-electron chi connectivity index (χ2n) is 7.44. The zero-order valence-corrected chi connectivity index (χ0v) is 16.8. The van der Waals surface area contributed by atoms with Gasteiger partial charge in [-0.3, -0.25) is 4.68 Å². The van der Waals surface area contributed by atoms with Gasteiger partial charge in [0, 0.05) is 36.8 Å². The van der Waals surface area contributed by atoms with Crippen LogP contribution in [0.2, 0.25) is 0 Å². The summed E-state index contributed by atoms with van der Waals surface area (Å²) in [4.78, 5) is 14.9. The fraction of sp³-hybridized carbons (Fsp3) is 0.304. The number of ether oxygens (including phenoxy) is 1. The summed E-state index contributed by atoms with van der Waals surface area (Å²) in [5.74, 6) is 0.182. The van der Waals surface area contributed by atoms with E-state index >= 15 is 0 Å². The highest BCUT2D eigenvalue weighted by molar-refractivity contribution is 5.90. The Labute approximate surface area is 175 Å². The summed E-state index contributed by atoms with van der Waals surface area (Å²) in [6, 6.07) is 16.5. The molecule has 1 aromatic heterocycles. The fourth-order valence-electron chi connectivity index (χ4n) is 3.65. The average Bonchev–Trinajstić information content (AvgIpc) is 3.45. The highest BCUT2D eigenvalue weighted by Gasteiger charge is 2.24. The van der Waals surface area contributed by atoms with Gasteiger partial charge in [-0.25, -0.2) is 4.79 Å². The largest absolute Gasteiger partial charge is 0.508 e. The van der Waals surface area contributed by atoms with Crippen molar-refractivity contribution in [2.24, 2.45) is 0 Å². The molecule has 3 aromatic rings. The highest BCUT2D eigenvalue weighted by Crippen LogP contribution is 2.22. The van der Waals surface area contributed by atoms with Crippen molar-refractivity contribution in [1.29, 1.82) is 0 Å². The molecule has 0 aliphatic carbocycles. The van der Waals surface area contributed by atoms with Gasteiger partial charge in [0.25, 0.3) is 0 Å². The molecule has 2 heterocycles. The van der Waals surface area contributed by atoms with Crippen LogP contribution in [0.5, 0.6) is 5.75 Å². The fourth-order valence-corrected chi connectivity index (χ4v) is 3.65. The number of carbonyl (C=O) groups is 1. The van der Waals surface area contributed by atoms with Gasteiger partial charge in [-0.2, -0.15) is 5.10 Å². The summed E-state index contributed by atoms with van der Waals surface area (Å²) in [7, 11) is 0. The number of aromatic hydroxyl groups is 1. The molecule has 30 heavy (non-hydrogen) atoms. The van der Waals surface area contributed by atoms with E-state index in [0.29, 0.717) is 25.2 Å². The van der Waals surface area contributed by atoms with Gasteiger partial charge in [-0.05, 0) is 36.6 Å². The van der Waals surface area contributed by atoms with Crippen LogP contribution < -0.4 is 5.32 Å². The number of hydrogen-bond donors (Lipinski definition) is 2. The van der Waals surface area contributed by atoms with Crippen molar-refractivity contribution in [3.05, 3.63) is 78.1 Å². The predicted molar refractivity (Wildman–Crippen MR) is 114 cm³/mol. The Bertz CT molecular complexity index is 968. The summed E-state index contributed by atoms with van der Waals surface area (Å²) in [5, 5.41) is 17.5. The number of amides is 2. The molecule has 7 nitrogen and oxygen atoms in total. The summed E-state index contributed by atoms with van der Waals surface area (Å²) in [5.41, 5.74) is 2.41. The summed E-state index contributed by atoms with van der Waals surface area (Å²) >= 11 is 0. The molecule has 2 aromatic carbocycles. The smallest absolute Gasteiger partial charge is 0.322 e. The van der Waals surface area contributed by atoms with E-state index in [9.17, 15) is 9.90 Å². The lowest BCUT2D eigenvalue weighted by Crippen LogP contribution is -2.39. The molecule has 2 N–H and O–H groups in total. The minimum Gasteiger partial charge on any atom is -0.508 e. The number of phenols is 1. The standard InChI is InChI=1S/C23H26N4O3/c28-22-11-4-2-8-19(22)15-26(17-20-9-5-14-30-20)23(29)25-21-10-3-1-7-18(21)16-27-13-6-12-24-27/h1-4,6-8,10-13,20,28H,5,9,14-17H2,(H,25,29)/t20-/m1/s1. The molecule has 0 unspecified atom stereocenters. The Morgan fingerprint density at radius 1 is 1.17 bits per heavy atom. The Hall–Kier alpha value is -3.32. The lowest BCUT2D eigenvalue weighted by Gasteiger charge is -2.26. The van der Waals surface area contributed by atoms with Gasteiger partial charge in [-0.15, -0.1) is 0 Å². The predicted octanol–water partition coefficient (Wildman–Crippen LogP) is 3.85. The maximum absolute atomic E-state index is 13.2. The zero-order valence-electron chi connectivity index (χ0n) is 16.8. The van der Waals surface area contributed by atoms with Gasteiger partial charge in [0.1, 0.15) is 5.75 Å². The third-order valence-corrected chi connectivity index (χ3v) is 5.24. The molecule has 1 atom stereocenters. The van der Waals surface area contributed by atoms with E-state index < -0.39 is 0 Å². The molecule has 2 amide bonds. The van der Waals surface area contributed by atoms with Crippen LogP contribution in [-0.4, -0.2) is 45.1 Å². The number of nitrogens with zero attached hydrogens (tertiary/aromatic N) is 3. The number of hydrogen-bond acceptors (Lipinski definition) is 4. The number of phenolic OH excluding ortho intramolecular Hbond substituents is 1. The van der Waals surface area contributed by atoms with Gasteiger partial charge in [-0.1, -0.05) is 36.4 Å². The molecule has 1 aliphatic heterocycles. The van der Waals surface area contributed by atoms with E-state index in [-0.39, 0.29) is 17.9 Å². The maximum Gasteiger partial charge on any atom is 0.322 e. The highest BCUT2D eigenvalue weighted by atomic mass is 16.5. The SMILES string of the molecule is O=C(Nc1ccccc1Cn1cccn1)N(Cc1ccccc1O)C[C@H]1CCCO1. The molecule has 156 valence electrons. The number of urea groups is 1. The van der Waals surface area contributed by atoms with Crippen LogP contribution in [0, 0.1) is 0 Å². The quantitative estimate of drug-likeness (QED) is 0.625. The summed E-state index contributed by atoms with van der Waals surface area (Å²) < 4.78 is 7.57. The topological polar surface area (TPSA) is 79.6 Å². The Balaban J connectivity index is 1.52. The molecule has 1 saturated heterocycles. The molecule has 0 radical (unpaired) electrons. The second-order valence-corrected chi connectivity index (χ2v) is 7.44. The Kier molecular flexibility index (Phi) is 6.29. The van der Waals surface area contributed by atoms with Gasteiger partial charge in [0.2, 0.25) is 0 Å². The van der Waals surface area contributed by atoms with Gasteiger partial charge >= 0.3 is 6.03 Å². The normalized spacial score (nSPS) is 15.8. The third-order valence-electron chi connectivity index (χ3n) is 5.24. The van der Waals surface area contributed by atoms with Crippen LogP contribution in [0.15, 0.2) is 67.0 Å². The first-order valence-corrected chi connectivity index (χ1v) is 10.2. The van der Waals surface area contributed by atoms with E-state index in [0.717, 1.165) is 30.7 Å². The molecule has 1 fully saturated rings. The number of anilines is 1. The second kappa shape index (κ2) is 9.45. The van der Waals surface area contributed by atoms with E-state index in [1.54, 1.807) is 23.2 Å². The number of rotatable bonds is 7. The van der Waals surface area contributed by atoms with E-state index in [4.69, 9.17) is 4.74 Å². The van der Waals surface area contributed by atoms with Crippen molar-refractivity contribution < 1.29 is 14.6 Å². The van der Waals surface area contributed by atoms with Crippen LogP contribution in [0.1, 0.15) is 24.0 Å². The Morgan fingerprint density at radius 3 is 2.70 bits per heavy atom. The van der Waals surface area contributed by atoms with E-state index in [2.05, 4.69) is 10.4 Å². The average molecular weight is 406 g/mol. The van der Waals surface area contributed by atoms with Crippen molar-refractivity contribution in [3.63, 3.8) is 0 Å². The monoisotopic (exact) mass is 406 g/mol. The van der Waals surface area contributed by atoms with E-state index in [1.165, 1.54) is 0 Å². The number of benzene rings is 2. The first-order valence-electron chi connectivity index (χ1n) is 10.2. The number of nitrogens with one attached hydrogen (secondary N) is 1. The van der Waals surface area contributed by atoms with Crippen molar-refractivity contribution in [2.45, 2.75) is 32.0 Å². The maximum atomic E-state index is 13.2. The molecular weight excluding hydrogens is 380 g/mol. The van der Waals surface area contributed by atoms with Crippen LogP contribution in [-0.2, 0) is 17.8 Å². The number of aromatic nitrogens is 2. The zero-order chi connectivity index (χ0) is 20.8. The molecule has 7 heteroatoms. The minimum atomic E-state index is -0.221. The Morgan fingerprint density at radius 2 is 1.97 bits per heavy atom. The summed E-state index contributed by atoms with van der Waals surface area (Å²) in [6.07, 6.45) is 5.57. The van der Waals surface area contributed by atoms with E-state index in [1.807, 2.05) is 53.3 Å². The van der Waals surface area contributed by atoms with Gasteiger partial charge in [0.15, 0.2) is 0 Å². The van der Waals surface area contributed by atoms with Crippen LogP contribution in [0.25, 0.3) is 0 Å². The number of carbonyl (C=O) groups excluding carboxylic acids is 1. The molecule has 0 bridgehead atoms. The van der Waals surface area contributed by atoms with Crippen molar-refractivity contribution >= 4 is 11.7 Å². The minimum absolute atomic E-state index is 0.0147. The van der Waals surface area contributed by atoms with Crippen LogP contribution >= 0.6 is 0 Å². The van der Waals surface area contributed by atoms with Crippen molar-refractivity contribution in [2.75, 3.05) is 18.5 Å². The van der Waals surface area contributed by atoms with Crippen LogP contribution in [0.3, 0.4) is 0 Å². The lowest BCUT2D eigenvalue weighted by atomic mass is 10.1. The molecule has 4 rings (SSSR count). The third kappa shape index (κ3) is 4.99. The molecular formula is C23H26N4O3. The van der Waals surface area contributed by atoms with Gasteiger partial charge < -0.3 is 20.1 Å². The molecule has 0 spiro atoms. The molecule has 1 aliphatic rings. The lowest BCUT2D eigenvalue weighted by molar-refractivity contribution is 0.0817. The summed E-state index contributed by atoms with van der Waals surface area (Å²) in [6.45, 7) is 2.07. The van der Waals surface area contributed by atoms with Crippen LogP contribution in [0.4, 0.5) is 10.5 Å². The van der Waals surface area contributed by atoms with Crippen molar-refractivity contribution in [1.82, 2.24) is 14.7 Å². The van der Waals surface area contributed by atoms with Gasteiger partial charge in [0.05, 0.1) is 19.2 Å². The first kappa shape index (κ1) is 20.0. The van der Waals surface area contributed by atoms with Crippen molar-refractivity contribution in [3.8, 4) is 5.75 Å².